The van der Waals surface area contributed by atoms with Gasteiger partial charge in [0.05, 0.1) is 5.69 Å². The smallest absolute Gasteiger partial charge is 0.159 e. The van der Waals surface area contributed by atoms with Gasteiger partial charge in [-0.3, -0.25) is 14.8 Å². The fourth-order valence-corrected chi connectivity index (χ4v) is 4.66. The SMILES string of the molecule is Fc1ccc(CN2CCC3(CCCN(Cc4ccccn4)C3)CC2)cc1F. The average Bonchev–Trinajstić information content (AvgIpc) is 2.68. The summed E-state index contributed by atoms with van der Waals surface area (Å²) in [6.07, 6.45) is 6.76. The average molecular weight is 371 g/mol. The van der Waals surface area contributed by atoms with Gasteiger partial charge in [-0.15, -0.1) is 0 Å². The van der Waals surface area contributed by atoms with Crippen LogP contribution in [-0.2, 0) is 13.1 Å². The topological polar surface area (TPSA) is 19.4 Å². The first-order valence-corrected chi connectivity index (χ1v) is 9.91. The number of benzene rings is 1. The molecule has 2 aromatic rings. The number of likely N-dealkylation sites (tertiary alicyclic amines) is 2. The zero-order chi connectivity index (χ0) is 18.7. The van der Waals surface area contributed by atoms with Gasteiger partial charge in [0.1, 0.15) is 0 Å². The molecule has 0 N–H and O–H groups in total. The van der Waals surface area contributed by atoms with Gasteiger partial charge in [-0.05, 0) is 80.6 Å². The lowest BCUT2D eigenvalue weighted by molar-refractivity contribution is 0.0181. The third kappa shape index (κ3) is 4.53. The Morgan fingerprint density at radius 1 is 0.889 bits per heavy atom. The summed E-state index contributed by atoms with van der Waals surface area (Å²) < 4.78 is 26.5. The number of piperidine rings is 2. The quantitative estimate of drug-likeness (QED) is 0.801. The van der Waals surface area contributed by atoms with Gasteiger partial charge < -0.3 is 0 Å². The Hall–Kier alpha value is -1.85. The second kappa shape index (κ2) is 8.03. The van der Waals surface area contributed by atoms with Crippen LogP contribution in [0, 0.1) is 17.0 Å². The highest BCUT2D eigenvalue weighted by atomic mass is 19.2. The van der Waals surface area contributed by atoms with Crippen LogP contribution in [0.15, 0.2) is 42.6 Å². The molecule has 2 aliphatic rings. The summed E-state index contributed by atoms with van der Waals surface area (Å²) in [4.78, 5) is 9.39. The van der Waals surface area contributed by atoms with Crippen LogP contribution in [0.4, 0.5) is 8.78 Å². The lowest BCUT2D eigenvalue weighted by atomic mass is 9.72. The number of rotatable bonds is 4. The normalized spacial score (nSPS) is 20.8. The van der Waals surface area contributed by atoms with E-state index in [-0.39, 0.29) is 0 Å². The van der Waals surface area contributed by atoms with Crippen molar-refractivity contribution in [2.24, 2.45) is 5.41 Å². The standard InChI is InChI=1S/C22H27F2N3/c23-20-6-5-18(14-21(20)24)15-26-12-8-22(9-13-26)7-3-11-27(17-22)16-19-4-1-2-10-25-19/h1-2,4-6,10,14H,3,7-9,11-13,15-17H2. The van der Waals surface area contributed by atoms with E-state index in [1.54, 1.807) is 6.07 Å². The van der Waals surface area contributed by atoms with Crippen LogP contribution >= 0.6 is 0 Å². The zero-order valence-electron chi connectivity index (χ0n) is 15.7. The first-order valence-electron chi connectivity index (χ1n) is 9.91. The van der Waals surface area contributed by atoms with Crippen molar-refractivity contribution in [2.45, 2.75) is 38.8 Å². The predicted molar refractivity (Wildman–Crippen MR) is 102 cm³/mol. The van der Waals surface area contributed by atoms with E-state index in [9.17, 15) is 8.78 Å². The van der Waals surface area contributed by atoms with Crippen LogP contribution < -0.4 is 0 Å². The van der Waals surface area contributed by atoms with Crippen LogP contribution in [0.1, 0.15) is 36.9 Å². The van der Waals surface area contributed by atoms with E-state index in [4.69, 9.17) is 0 Å². The Balaban J connectivity index is 1.32. The molecule has 0 radical (unpaired) electrons. The van der Waals surface area contributed by atoms with Gasteiger partial charge in [0.25, 0.3) is 0 Å². The molecule has 0 amide bonds. The van der Waals surface area contributed by atoms with E-state index in [1.165, 1.54) is 37.8 Å². The van der Waals surface area contributed by atoms with Crippen LogP contribution in [0.25, 0.3) is 0 Å². The molecule has 3 heterocycles. The van der Waals surface area contributed by atoms with Gasteiger partial charge in [0, 0.05) is 25.8 Å². The van der Waals surface area contributed by atoms with Crippen molar-refractivity contribution in [1.29, 1.82) is 0 Å². The van der Waals surface area contributed by atoms with E-state index in [1.807, 2.05) is 12.3 Å². The van der Waals surface area contributed by atoms with E-state index in [0.29, 0.717) is 12.0 Å². The predicted octanol–water partition coefficient (Wildman–Crippen LogP) is 4.24. The molecule has 2 aliphatic heterocycles. The minimum absolute atomic E-state index is 0.400. The van der Waals surface area contributed by atoms with Crippen molar-refractivity contribution in [3.8, 4) is 0 Å². The minimum atomic E-state index is -0.772. The van der Waals surface area contributed by atoms with Gasteiger partial charge in [0.15, 0.2) is 11.6 Å². The third-order valence-electron chi connectivity index (χ3n) is 6.16. The third-order valence-corrected chi connectivity index (χ3v) is 6.16. The molecule has 5 heteroatoms. The molecule has 0 saturated carbocycles. The molecule has 1 spiro atoms. The van der Waals surface area contributed by atoms with Gasteiger partial charge >= 0.3 is 0 Å². The molecule has 0 unspecified atom stereocenters. The molecule has 1 aromatic heterocycles. The first kappa shape index (κ1) is 18.5. The second-order valence-corrected chi connectivity index (χ2v) is 8.16. The molecule has 144 valence electrons. The summed E-state index contributed by atoms with van der Waals surface area (Å²) in [5.74, 6) is -1.52. The van der Waals surface area contributed by atoms with Crippen molar-refractivity contribution in [3.63, 3.8) is 0 Å². The molecule has 0 bridgehead atoms. The Kier molecular flexibility index (Phi) is 5.50. The van der Waals surface area contributed by atoms with E-state index in [2.05, 4.69) is 26.9 Å². The van der Waals surface area contributed by atoms with Gasteiger partial charge in [-0.25, -0.2) is 8.78 Å². The van der Waals surface area contributed by atoms with Crippen LogP contribution in [0.3, 0.4) is 0 Å². The highest BCUT2D eigenvalue weighted by molar-refractivity contribution is 5.17. The maximum atomic E-state index is 13.4. The fraction of sp³-hybridized carbons (Fsp3) is 0.500. The zero-order valence-corrected chi connectivity index (χ0v) is 15.7. The highest BCUT2D eigenvalue weighted by Crippen LogP contribution is 2.40. The number of nitrogens with zero attached hydrogens (tertiary/aromatic N) is 3. The molecule has 2 saturated heterocycles. The molecule has 27 heavy (non-hydrogen) atoms. The number of halogens is 2. The van der Waals surface area contributed by atoms with Crippen molar-refractivity contribution >= 4 is 0 Å². The molecular formula is C22H27F2N3. The summed E-state index contributed by atoms with van der Waals surface area (Å²) in [6, 6.07) is 10.4. The van der Waals surface area contributed by atoms with Gasteiger partial charge in [-0.1, -0.05) is 12.1 Å². The monoisotopic (exact) mass is 371 g/mol. The summed E-state index contributed by atoms with van der Waals surface area (Å²) >= 11 is 0. The molecule has 1 aromatic carbocycles. The number of aromatic nitrogens is 1. The van der Waals surface area contributed by atoms with Crippen LogP contribution in [0.5, 0.6) is 0 Å². The Bertz CT molecular complexity index is 757. The summed E-state index contributed by atoms with van der Waals surface area (Å²) in [7, 11) is 0. The highest BCUT2D eigenvalue weighted by Gasteiger charge is 2.38. The fourth-order valence-electron chi connectivity index (χ4n) is 4.66. The maximum Gasteiger partial charge on any atom is 0.159 e. The van der Waals surface area contributed by atoms with E-state index < -0.39 is 11.6 Å². The van der Waals surface area contributed by atoms with E-state index in [0.717, 1.165) is 44.0 Å². The molecule has 0 atom stereocenters. The number of hydrogen-bond donors (Lipinski definition) is 0. The first-order chi connectivity index (χ1) is 13.1. The summed E-state index contributed by atoms with van der Waals surface area (Å²) in [5, 5.41) is 0. The lowest BCUT2D eigenvalue weighted by Crippen LogP contribution is -2.49. The molecule has 3 nitrogen and oxygen atoms in total. The van der Waals surface area contributed by atoms with Crippen molar-refractivity contribution in [1.82, 2.24) is 14.8 Å². The van der Waals surface area contributed by atoms with E-state index >= 15 is 0 Å². The lowest BCUT2D eigenvalue weighted by Gasteiger charge is -2.47. The summed E-state index contributed by atoms with van der Waals surface area (Å²) in [6.45, 7) is 5.97. The van der Waals surface area contributed by atoms with Crippen molar-refractivity contribution in [2.75, 3.05) is 26.2 Å². The van der Waals surface area contributed by atoms with Crippen molar-refractivity contribution in [3.05, 3.63) is 65.5 Å². The second-order valence-electron chi connectivity index (χ2n) is 8.16. The Labute approximate surface area is 160 Å². The van der Waals surface area contributed by atoms with Gasteiger partial charge in [0.2, 0.25) is 0 Å². The maximum absolute atomic E-state index is 13.4. The molecule has 4 rings (SSSR count). The van der Waals surface area contributed by atoms with Crippen LogP contribution in [0.2, 0.25) is 0 Å². The summed E-state index contributed by atoms with van der Waals surface area (Å²) in [5.41, 5.74) is 2.40. The Morgan fingerprint density at radius 3 is 2.48 bits per heavy atom. The number of hydrogen-bond acceptors (Lipinski definition) is 3. The molecule has 0 aliphatic carbocycles. The molecule has 2 fully saturated rings. The Morgan fingerprint density at radius 2 is 1.74 bits per heavy atom. The minimum Gasteiger partial charge on any atom is -0.299 e. The molecular weight excluding hydrogens is 344 g/mol. The van der Waals surface area contributed by atoms with Gasteiger partial charge in [-0.2, -0.15) is 0 Å². The van der Waals surface area contributed by atoms with Crippen molar-refractivity contribution < 1.29 is 8.78 Å². The largest absolute Gasteiger partial charge is 0.299 e. The number of pyridine rings is 1. The van der Waals surface area contributed by atoms with Crippen LogP contribution in [-0.4, -0.2) is 41.0 Å².